The normalized spacial score (nSPS) is 54.2. The van der Waals surface area contributed by atoms with Gasteiger partial charge in [-0.25, -0.2) is 4.79 Å². The zero-order chi connectivity index (χ0) is 28.3. The van der Waals surface area contributed by atoms with E-state index in [-0.39, 0.29) is 24.4 Å². The molecule has 8 unspecified atom stereocenters. The minimum absolute atomic E-state index is 0.00163. The first-order valence-corrected chi connectivity index (χ1v) is 14.0. The predicted octanol–water partition coefficient (Wildman–Crippen LogP) is -0.844. The van der Waals surface area contributed by atoms with Gasteiger partial charge in [-0.05, 0) is 24.7 Å². The number of likely N-dealkylation sites (N-methyl/N-ethyl adjacent to an activating group) is 1. The molecule has 224 valence electrons. The van der Waals surface area contributed by atoms with Crippen LogP contribution in [-0.4, -0.2) is 130 Å². The van der Waals surface area contributed by atoms with Crippen molar-refractivity contribution < 1.29 is 58.7 Å². The van der Waals surface area contributed by atoms with Crippen molar-refractivity contribution in [1.82, 2.24) is 4.90 Å². The average molecular weight is 562 g/mol. The Balaban J connectivity index is 1.32. The number of carbonyl (C=O) groups excluding carboxylic acids is 1. The average Bonchev–Trinajstić information content (AvgIpc) is 3.20. The molecule has 5 N–H and O–H groups in total. The lowest BCUT2D eigenvalue weighted by Gasteiger charge is -2.51. The molecule has 0 aromatic heterocycles. The minimum Gasteiger partial charge on any atom is -0.441 e. The van der Waals surface area contributed by atoms with Gasteiger partial charge in [0.15, 0.2) is 25.0 Å². The third-order valence-electron chi connectivity index (χ3n) is 9.32. The van der Waals surface area contributed by atoms with Gasteiger partial charge in [-0.2, -0.15) is 0 Å². The second-order valence-electron chi connectivity index (χ2n) is 12.1. The van der Waals surface area contributed by atoms with Gasteiger partial charge in [-0.15, -0.1) is 0 Å². The summed E-state index contributed by atoms with van der Waals surface area (Å²) in [6.45, 7) is 7.09. The Bertz CT molecular complexity index is 878. The van der Waals surface area contributed by atoms with E-state index in [9.17, 15) is 30.3 Å². The molecule has 4 aliphatic heterocycles. The zero-order valence-corrected chi connectivity index (χ0v) is 23.0. The molecule has 4 saturated heterocycles. The Kier molecular flexibility index (Phi) is 8.49. The highest BCUT2D eigenvalue weighted by Crippen LogP contribution is 2.43. The van der Waals surface area contributed by atoms with Gasteiger partial charge in [0.2, 0.25) is 0 Å². The number of amides is 1. The Morgan fingerprint density at radius 1 is 0.795 bits per heavy atom. The Hall–Kier alpha value is -1.13. The number of ether oxygens (including phenoxy) is 6. The first-order chi connectivity index (χ1) is 18.4. The van der Waals surface area contributed by atoms with E-state index >= 15 is 0 Å². The summed E-state index contributed by atoms with van der Waals surface area (Å²) in [7, 11) is 1.54. The molecule has 13 nitrogen and oxygen atoms in total. The lowest BCUT2D eigenvalue weighted by Crippen LogP contribution is -2.66. The van der Waals surface area contributed by atoms with Crippen molar-refractivity contribution in [3.63, 3.8) is 0 Å². The van der Waals surface area contributed by atoms with Crippen LogP contribution in [0.1, 0.15) is 40.5 Å². The van der Waals surface area contributed by atoms with Crippen LogP contribution in [0, 0.1) is 23.7 Å². The molecule has 0 aromatic rings. The second kappa shape index (κ2) is 11.3. The molecular formula is C26H43NO12. The number of hydrogen-bond acceptors (Lipinski definition) is 12. The number of nitrogens with zero attached hydrogens (tertiary/aromatic N) is 1. The first-order valence-electron chi connectivity index (χ1n) is 14.0. The van der Waals surface area contributed by atoms with E-state index in [4.69, 9.17) is 28.4 Å². The molecule has 0 bridgehead atoms. The van der Waals surface area contributed by atoms with Crippen molar-refractivity contribution in [1.29, 1.82) is 0 Å². The van der Waals surface area contributed by atoms with E-state index in [0.29, 0.717) is 12.8 Å². The van der Waals surface area contributed by atoms with Crippen molar-refractivity contribution in [2.24, 2.45) is 23.7 Å². The largest absolute Gasteiger partial charge is 0.441 e. The molecule has 0 radical (unpaired) electrons. The third kappa shape index (κ3) is 5.20. The van der Waals surface area contributed by atoms with Crippen LogP contribution in [0.25, 0.3) is 0 Å². The maximum atomic E-state index is 12.6. The SMILES string of the molecule is CC1C[C@@H](C)[C@@H](O)C(O)[C@@H]1O[C@H]1OC2C3OC(=O)N(C)C3C(O[C@H]3OC(CO)[C@@H](C)[C@H](O)C3O)O[C@H]2C[C@@H]1C. The molecule has 0 aromatic carbocycles. The van der Waals surface area contributed by atoms with Crippen LogP contribution in [0.4, 0.5) is 4.79 Å². The van der Waals surface area contributed by atoms with Crippen LogP contribution < -0.4 is 0 Å². The van der Waals surface area contributed by atoms with Gasteiger partial charge >= 0.3 is 6.09 Å². The van der Waals surface area contributed by atoms with Gasteiger partial charge < -0.3 is 54.0 Å². The van der Waals surface area contributed by atoms with E-state index in [2.05, 4.69) is 0 Å². The highest BCUT2D eigenvalue weighted by Gasteiger charge is 2.60. The Labute approximate surface area is 227 Å². The quantitative estimate of drug-likeness (QED) is 0.282. The van der Waals surface area contributed by atoms with Gasteiger partial charge in [0.25, 0.3) is 0 Å². The van der Waals surface area contributed by atoms with Crippen LogP contribution in [0.5, 0.6) is 0 Å². The van der Waals surface area contributed by atoms with E-state index < -0.39 is 91.9 Å². The van der Waals surface area contributed by atoms with Crippen molar-refractivity contribution in [3.05, 3.63) is 0 Å². The molecule has 0 spiro atoms. The van der Waals surface area contributed by atoms with Gasteiger partial charge in [-0.1, -0.05) is 27.7 Å². The summed E-state index contributed by atoms with van der Waals surface area (Å²) in [6, 6.07) is -0.755. The summed E-state index contributed by atoms with van der Waals surface area (Å²) in [5.74, 6) is -0.747. The maximum absolute atomic E-state index is 12.6. The lowest BCUT2D eigenvalue weighted by molar-refractivity contribution is -0.378. The van der Waals surface area contributed by atoms with Gasteiger partial charge in [0.1, 0.15) is 24.4 Å². The van der Waals surface area contributed by atoms with Crippen molar-refractivity contribution in [3.8, 4) is 0 Å². The van der Waals surface area contributed by atoms with Crippen LogP contribution >= 0.6 is 0 Å². The fraction of sp³-hybridized carbons (Fsp3) is 0.962. The number of rotatable bonds is 5. The van der Waals surface area contributed by atoms with E-state index in [1.54, 1.807) is 14.0 Å². The molecular weight excluding hydrogens is 518 g/mol. The molecule has 1 amide bonds. The van der Waals surface area contributed by atoms with Crippen LogP contribution in [0.3, 0.4) is 0 Å². The first kappa shape index (κ1) is 29.4. The number of hydrogen-bond donors (Lipinski definition) is 5. The highest BCUT2D eigenvalue weighted by molar-refractivity contribution is 5.70. The lowest BCUT2D eigenvalue weighted by atomic mass is 9.77. The summed E-state index contributed by atoms with van der Waals surface area (Å²) in [6.07, 6.45) is -10.5. The molecule has 5 fully saturated rings. The van der Waals surface area contributed by atoms with Crippen LogP contribution in [-0.2, 0) is 28.4 Å². The summed E-state index contributed by atoms with van der Waals surface area (Å²) in [4.78, 5) is 14.0. The standard InChI is InChI=1S/C26H43NO12/c1-9-6-10(2)20(18(31)16(9)29)36-23-11(3)7-13-21(37-23)22-15(27(5)26(33)38-22)24(34-13)39-25-19(32)17(30)12(4)14(8-28)35-25/h9-25,28-32H,6-8H2,1-5H3/t9-,10?,11+,12-,13+,14?,15?,16-,17+,18?,19?,20-,21?,22?,23+,24?,25-/m1/s1. The summed E-state index contributed by atoms with van der Waals surface area (Å²) in [5, 5.41) is 51.9. The van der Waals surface area contributed by atoms with Crippen molar-refractivity contribution in [2.75, 3.05) is 13.7 Å². The van der Waals surface area contributed by atoms with Gasteiger partial charge in [0, 0.05) is 18.9 Å². The summed E-state index contributed by atoms with van der Waals surface area (Å²) in [5.41, 5.74) is 0. The summed E-state index contributed by atoms with van der Waals surface area (Å²) < 4.78 is 36.3. The molecule has 1 saturated carbocycles. The van der Waals surface area contributed by atoms with Gasteiger partial charge in [-0.3, -0.25) is 4.90 Å². The van der Waals surface area contributed by atoms with Crippen molar-refractivity contribution in [2.45, 2.75) is 120 Å². The fourth-order valence-corrected chi connectivity index (χ4v) is 6.77. The third-order valence-corrected chi connectivity index (χ3v) is 9.32. The maximum Gasteiger partial charge on any atom is 0.410 e. The molecule has 4 heterocycles. The molecule has 17 atom stereocenters. The molecule has 13 heteroatoms. The molecule has 1 aliphatic carbocycles. The number of carbonyl (C=O) groups is 1. The Morgan fingerprint density at radius 3 is 2.21 bits per heavy atom. The zero-order valence-electron chi connectivity index (χ0n) is 23.0. The van der Waals surface area contributed by atoms with Crippen LogP contribution in [0.15, 0.2) is 0 Å². The van der Waals surface area contributed by atoms with Gasteiger partial charge in [0.05, 0.1) is 37.1 Å². The Morgan fingerprint density at radius 2 is 1.51 bits per heavy atom. The summed E-state index contributed by atoms with van der Waals surface area (Å²) >= 11 is 0. The topological polar surface area (TPSA) is 177 Å². The monoisotopic (exact) mass is 561 g/mol. The van der Waals surface area contributed by atoms with E-state index in [0.717, 1.165) is 0 Å². The van der Waals surface area contributed by atoms with E-state index in [1.165, 1.54) is 4.90 Å². The molecule has 5 aliphatic rings. The smallest absolute Gasteiger partial charge is 0.410 e. The van der Waals surface area contributed by atoms with Crippen molar-refractivity contribution >= 4 is 6.09 Å². The number of aliphatic hydroxyl groups excluding tert-OH is 5. The number of fused-ring (bicyclic) bond motifs is 3. The second-order valence-corrected chi connectivity index (χ2v) is 12.1. The molecule has 5 rings (SSSR count). The molecule has 39 heavy (non-hydrogen) atoms. The fourth-order valence-electron chi connectivity index (χ4n) is 6.77. The van der Waals surface area contributed by atoms with Crippen LogP contribution in [0.2, 0.25) is 0 Å². The van der Waals surface area contributed by atoms with E-state index in [1.807, 2.05) is 20.8 Å². The highest BCUT2D eigenvalue weighted by atomic mass is 16.8. The predicted molar refractivity (Wildman–Crippen MR) is 131 cm³/mol. The number of aliphatic hydroxyl groups is 5. The minimum atomic E-state index is -1.40.